The first kappa shape index (κ1) is 21.1. The Morgan fingerprint density at radius 2 is 1.97 bits per heavy atom. The smallest absolute Gasteiger partial charge is 0.316 e. The van der Waals surface area contributed by atoms with Gasteiger partial charge in [-0.1, -0.05) is 12.1 Å². The van der Waals surface area contributed by atoms with Crippen molar-refractivity contribution < 1.29 is 23.7 Å². The fourth-order valence-corrected chi connectivity index (χ4v) is 3.96. The number of hydrogen-bond donors (Lipinski definition) is 1. The summed E-state index contributed by atoms with van der Waals surface area (Å²) in [5.74, 6) is 1.08. The summed E-state index contributed by atoms with van der Waals surface area (Å²) in [6, 6.07) is 9.41. The number of hydrogen-bond acceptors (Lipinski definition) is 8. The standard InChI is InChI=1S/C24H24N4O5/c1-30-24-26-11-16(12-27-24)19-3-2-4-21-20(19)9-17(13-32-21)28-23(29)15-5-6-22(25-10-15)33-18-7-8-31-14-18/h2-6,10-12,17-18H,7-9,13-14H2,1H3,(H,28,29)/t17-,18?/m0/s1. The van der Waals surface area contributed by atoms with Gasteiger partial charge in [0.15, 0.2) is 0 Å². The van der Waals surface area contributed by atoms with E-state index < -0.39 is 0 Å². The van der Waals surface area contributed by atoms with Crippen LogP contribution in [-0.2, 0) is 11.2 Å². The van der Waals surface area contributed by atoms with Crippen LogP contribution in [0, 0.1) is 0 Å². The molecule has 2 atom stereocenters. The van der Waals surface area contributed by atoms with Crippen LogP contribution < -0.4 is 19.5 Å². The fraction of sp³-hybridized carbons (Fsp3) is 0.333. The summed E-state index contributed by atoms with van der Waals surface area (Å²) < 4.78 is 22.1. The van der Waals surface area contributed by atoms with Gasteiger partial charge >= 0.3 is 6.01 Å². The quantitative estimate of drug-likeness (QED) is 0.613. The Labute approximate surface area is 191 Å². The van der Waals surface area contributed by atoms with Gasteiger partial charge in [0.25, 0.3) is 5.91 Å². The molecule has 1 amide bonds. The maximum atomic E-state index is 12.8. The summed E-state index contributed by atoms with van der Waals surface area (Å²) in [6.45, 7) is 1.65. The van der Waals surface area contributed by atoms with E-state index in [1.54, 1.807) is 24.5 Å². The Balaban J connectivity index is 1.26. The Hall–Kier alpha value is -3.72. The molecule has 5 rings (SSSR count). The molecule has 0 saturated carbocycles. The molecule has 0 bridgehead atoms. The zero-order valence-electron chi connectivity index (χ0n) is 18.2. The van der Waals surface area contributed by atoms with E-state index in [0.29, 0.717) is 43.7 Å². The maximum Gasteiger partial charge on any atom is 0.316 e. The van der Waals surface area contributed by atoms with E-state index in [1.165, 1.54) is 13.3 Å². The number of nitrogens with one attached hydrogen (secondary N) is 1. The number of pyridine rings is 1. The third-order valence-corrected chi connectivity index (χ3v) is 5.65. The number of benzene rings is 1. The number of carbonyl (C=O) groups is 1. The van der Waals surface area contributed by atoms with Crippen molar-refractivity contribution >= 4 is 5.91 Å². The molecule has 0 aliphatic carbocycles. The lowest BCUT2D eigenvalue weighted by molar-refractivity contribution is 0.0914. The van der Waals surface area contributed by atoms with E-state index in [9.17, 15) is 4.79 Å². The van der Waals surface area contributed by atoms with Gasteiger partial charge in [0.05, 0.1) is 31.9 Å². The van der Waals surface area contributed by atoms with Crippen molar-refractivity contribution in [2.75, 3.05) is 26.9 Å². The van der Waals surface area contributed by atoms with Crippen molar-refractivity contribution in [1.82, 2.24) is 20.3 Å². The van der Waals surface area contributed by atoms with Crippen molar-refractivity contribution in [3.8, 4) is 28.8 Å². The molecule has 1 saturated heterocycles. The van der Waals surface area contributed by atoms with E-state index >= 15 is 0 Å². The third-order valence-electron chi connectivity index (χ3n) is 5.65. The van der Waals surface area contributed by atoms with Crippen LogP contribution in [0.3, 0.4) is 0 Å². The molecular formula is C24H24N4O5. The third kappa shape index (κ3) is 4.73. The molecular weight excluding hydrogens is 424 g/mol. The molecule has 2 aliphatic rings. The number of rotatable bonds is 6. The lowest BCUT2D eigenvalue weighted by atomic mass is 9.94. The van der Waals surface area contributed by atoms with Crippen LogP contribution in [-0.4, -0.2) is 59.9 Å². The molecule has 2 aromatic heterocycles. The van der Waals surface area contributed by atoms with Gasteiger partial charge in [-0.3, -0.25) is 4.79 Å². The molecule has 170 valence electrons. The number of fused-ring (bicyclic) bond motifs is 1. The van der Waals surface area contributed by atoms with E-state index in [1.807, 2.05) is 18.2 Å². The Kier molecular flexibility index (Phi) is 6.03. The number of amides is 1. The van der Waals surface area contributed by atoms with Crippen LogP contribution in [0.1, 0.15) is 22.3 Å². The first-order valence-corrected chi connectivity index (χ1v) is 10.8. The van der Waals surface area contributed by atoms with Gasteiger partial charge in [0.2, 0.25) is 5.88 Å². The van der Waals surface area contributed by atoms with Crippen molar-refractivity contribution in [3.63, 3.8) is 0 Å². The average Bonchev–Trinajstić information content (AvgIpc) is 3.37. The van der Waals surface area contributed by atoms with Crippen molar-refractivity contribution in [1.29, 1.82) is 0 Å². The molecule has 0 spiro atoms. The maximum absolute atomic E-state index is 12.8. The van der Waals surface area contributed by atoms with Gasteiger partial charge in [-0.2, -0.15) is 0 Å². The summed E-state index contributed by atoms with van der Waals surface area (Å²) in [5.41, 5.74) is 3.29. The van der Waals surface area contributed by atoms with Gasteiger partial charge in [0, 0.05) is 48.6 Å². The van der Waals surface area contributed by atoms with Crippen LogP contribution in [0.15, 0.2) is 48.9 Å². The highest BCUT2D eigenvalue weighted by Crippen LogP contribution is 2.34. The van der Waals surface area contributed by atoms with Crippen LogP contribution in [0.4, 0.5) is 0 Å². The first-order chi connectivity index (χ1) is 16.2. The molecule has 9 heteroatoms. The SMILES string of the molecule is COc1ncc(-c2cccc3c2C[C@H](NC(=O)c2ccc(OC4CCOC4)nc2)CO3)cn1. The Morgan fingerprint density at radius 1 is 1.09 bits per heavy atom. The Bertz CT molecular complexity index is 1110. The lowest BCUT2D eigenvalue weighted by Gasteiger charge is -2.28. The summed E-state index contributed by atoms with van der Waals surface area (Å²) in [7, 11) is 1.53. The zero-order chi connectivity index (χ0) is 22.6. The fourth-order valence-electron chi connectivity index (χ4n) is 3.96. The van der Waals surface area contributed by atoms with Crippen LogP contribution in [0.5, 0.6) is 17.6 Å². The monoisotopic (exact) mass is 448 g/mol. The number of carbonyl (C=O) groups excluding carboxylic acids is 1. The average molecular weight is 448 g/mol. The highest BCUT2D eigenvalue weighted by Gasteiger charge is 2.25. The van der Waals surface area contributed by atoms with Crippen molar-refractivity contribution in [2.24, 2.45) is 0 Å². The number of ether oxygens (including phenoxy) is 4. The van der Waals surface area contributed by atoms with E-state index in [-0.39, 0.29) is 18.1 Å². The normalized spacial score (nSPS) is 19.3. The van der Waals surface area contributed by atoms with Crippen LogP contribution in [0.2, 0.25) is 0 Å². The number of methoxy groups -OCH3 is 1. The predicted octanol–water partition coefficient (Wildman–Crippen LogP) is 2.45. The highest BCUT2D eigenvalue weighted by molar-refractivity contribution is 5.94. The minimum absolute atomic E-state index is 0.0157. The zero-order valence-corrected chi connectivity index (χ0v) is 18.2. The second-order valence-electron chi connectivity index (χ2n) is 7.91. The minimum atomic E-state index is -0.208. The van der Waals surface area contributed by atoms with Gasteiger partial charge in [-0.05, 0) is 17.7 Å². The summed E-state index contributed by atoms with van der Waals surface area (Å²) in [6.07, 6.45) is 6.45. The molecule has 2 aliphatic heterocycles. The van der Waals surface area contributed by atoms with E-state index in [2.05, 4.69) is 20.3 Å². The number of nitrogens with zero attached hydrogens (tertiary/aromatic N) is 3. The molecule has 3 aromatic rings. The summed E-state index contributed by atoms with van der Waals surface area (Å²) >= 11 is 0. The molecule has 0 radical (unpaired) electrons. The summed E-state index contributed by atoms with van der Waals surface area (Å²) in [5, 5.41) is 3.05. The molecule has 33 heavy (non-hydrogen) atoms. The summed E-state index contributed by atoms with van der Waals surface area (Å²) in [4.78, 5) is 25.5. The minimum Gasteiger partial charge on any atom is -0.491 e. The van der Waals surface area contributed by atoms with Crippen LogP contribution in [0.25, 0.3) is 11.1 Å². The lowest BCUT2D eigenvalue weighted by Crippen LogP contribution is -2.42. The topological polar surface area (TPSA) is 105 Å². The predicted molar refractivity (Wildman–Crippen MR) is 119 cm³/mol. The van der Waals surface area contributed by atoms with Gasteiger partial charge in [0.1, 0.15) is 18.5 Å². The first-order valence-electron chi connectivity index (χ1n) is 10.8. The number of aromatic nitrogens is 3. The molecule has 1 aromatic carbocycles. The van der Waals surface area contributed by atoms with Crippen LogP contribution >= 0.6 is 0 Å². The van der Waals surface area contributed by atoms with E-state index in [0.717, 1.165) is 28.9 Å². The molecule has 1 unspecified atom stereocenters. The second kappa shape index (κ2) is 9.41. The van der Waals surface area contributed by atoms with Crippen molar-refractivity contribution in [3.05, 3.63) is 60.0 Å². The van der Waals surface area contributed by atoms with Crippen molar-refractivity contribution in [2.45, 2.75) is 25.0 Å². The van der Waals surface area contributed by atoms with E-state index in [4.69, 9.17) is 18.9 Å². The van der Waals surface area contributed by atoms with Gasteiger partial charge < -0.3 is 24.3 Å². The molecule has 1 fully saturated rings. The molecule has 9 nitrogen and oxygen atoms in total. The Morgan fingerprint density at radius 3 is 2.70 bits per heavy atom. The van der Waals surface area contributed by atoms with Gasteiger partial charge in [-0.15, -0.1) is 0 Å². The highest BCUT2D eigenvalue weighted by atomic mass is 16.5. The second-order valence-corrected chi connectivity index (χ2v) is 7.91. The van der Waals surface area contributed by atoms with Gasteiger partial charge in [-0.25, -0.2) is 15.0 Å². The largest absolute Gasteiger partial charge is 0.491 e. The molecule has 4 heterocycles. The molecule has 1 N–H and O–H groups in total.